The Kier molecular flexibility index (Phi) is 7.55. The number of carbonyl (C=O) groups is 2. The Morgan fingerprint density at radius 3 is 3.04 bits per heavy atom. The lowest BCUT2D eigenvalue weighted by atomic mass is 10.1. The molecule has 0 unspecified atom stereocenters. The number of fused-ring (bicyclic) bond motifs is 1. The molecule has 0 aliphatic carbocycles. The summed E-state index contributed by atoms with van der Waals surface area (Å²) >= 11 is 0. The molecular weight excluding hydrogens is 368 g/mol. The Bertz CT molecular complexity index is 621. The van der Waals surface area contributed by atoms with Crippen molar-refractivity contribution >= 4 is 33.4 Å². The minimum Gasteiger partial charge on any atom is -0.483 e. The van der Waals surface area contributed by atoms with Crippen LogP contribution in [-0.2, 0) is 16.1 Å². The van der Waals surface area contributed by atoms with E-state index in [-0.39, 0.29) is 18.4 Å². The fraction of sp³-hybridized carbons (Fsp3) is 0.579. The molecule has 2 aliphatic heterocycles. The zero-order chi connectivity index (χ0) is 18.2. The van der Waals surface area contributed by atoms with Gasteiger partial charge in [0.2, 0.25) is 5.91 Å². The first kappa shape index (κ1) is 19.4. The van der Waals surface area contributed by atoms with Crippen LogP contribution < -0.4 is 10.1 Å². The van der Waals surface area contributed by atoms with E-state index < -0.39 is 0 Å². The van der Waals surface area contributed by atoms with Gasteiger partial charge in [-0.25, -0.2) is 0 Å². The van der Waals surface area contributed by atoms with Crippen LogP contribution in [0.25, 0.3) is 0 Å². The Labute approximate surface area is 163 Å². The van der Waals surface area contributed by atoms with E-state index in [1.165, 1.54) is 18.6 Å². The number of carbonyl (C=O) groups excluding carboxylic acids is 2. The van der Waals surface area contributed by atoms with Crippen molar-refractivity contribution in [1.29, 1.82) is 0 Å². The summed E-state index contributed by atoms with van der Waals surface area (Å²) in [5.41, 5.74) is 1.01. The summed E-state index contributed by atoms with van der Waals surface area (Å²) in [7, 11) is 3.96. The molecule has 5 nitrogen and oxygen atoms in total. The summed E-state index contributed by atoms with van der Waals surface area (Å²) in [6.07, 6.45) is 5.15. The molecular formula is C19H26N2O3S2. The van der Waals surface area contributed by atoms with E-state index in [1.807, 2.05) is 45.9 Å². The molecule has 26 heavy (non-hydrogen) atoms. The van der Waals surface area contributed by atoms with Crippen LogP contribution in [0, 0.1) is 0 Å². The van der Waals surface area contributed by atoms with E-state index in [2.05, 4.69) is 5.32 Å². The number of nitrogens with one attached hydrogen (secondary N) is 1. The first-order valence-electron chi connectivity index (χ1n) is 9.26. The quantitative estimate of drug-likeness (QED) is 0.542. The number of unbranched alkanes of at least 4 members (excludes halogenated alkanes) is 1. The zero-order valence-corrected chi connectivity index (χ0v) is 16.6. The predicted octanol–water partition coefficient (Wildman–Crippen LogP) is 3.24. The van der Waals surface area contributed by atoms with Crippen molar-refractivity contribution < 1.29 is 14.3 Å². The highest BCUT2D eigenvalue weighted by molar-refractivity contribution is 8.77. The molecule has 0 spiro atoms. The maximum atomic E-state index is 12.2. The van der Waals surface area contributed by atoms with Crippen molar-refractivity contribution in [2.24, 2.45) is 0 Å². The van der Waals surface area contributed by atoms with Gasteiger partial charge >= 0.3 is 0 Å². The molecule has 7 heteroatoms. The van der Waals surface area contributed by atoms with Crippen molar-refractivity contribution in [3.05, 3.63) is 29.8 Å². The van der Waals surface area contributed by atoms with Crippen molar-refractivity contribution in [2.75, 3.05) is 25.4 Å². The molecule has 2 heterocycles. The number of rotatable bonds is 8. The van der Waals surface area contributed by atoms with Crippen LogP contribution in [0.2, 0.25) is 0 Å². The smallest absolute Gasteiger partial charge is 0.260 e. The van der Waals surface area contributed by atoms with Crippen LogP contribution in [0.3, 0.4) is 0 Å². The van der Waals surface area contributed by atoms with Crippen LogP contribution in [0.5, 0.6) is 5.75 Å². The number of hydrogen-bond donors (Lipinski definition) is 1. The predicted molar refractivity (Wildman–Crippen MR) is 107 cm³/mol. The third-order valence-corrected chi connectivity index (χ3v) is 7.66. The largest absolute Gasteiger partial charge is 0.483 e. The average molecular weight is 395 g/mol. The molecule has 0 radical (unpaired) electrons. The molecule has 1 aromatic carbocycles. The molecule has 1 N–H and O–H groups in total. The monoisotopic (exact) mass is 394 g/mol. The number of hydrogen-bond acceptors (Lipinski definition) is 5. The lowest BCUT2D eigenvalue weighted by molar-refractivity contribution is -0.133. The third kappa shape index (κ3) is 5.84. The van der Waals surface area contributed by atoms with Gasteiger partial charge in [0.1, 0.15) is 5.75 Å². The second-order valence-electron chi connectivity index (χ2n) is 6.64. The number of amides is 2. The number of nitrogens with zero attached hydrogens (tertiary/aromatic N) is 1. The lowest BCUT2D eigenvalue weighted by Crippen LogP contribution is -2.39. The zero-order valence-electron chi connectivity index (χ0n) is 14.9. The van der Waals surface area contributed by atoms with Gasteiger partial charge in [0.05, 0.1) is 0 Å². The minimum atomic E-state index is -0.0395. The third-order valence-electron chi connectivity index (χ3n) is 4.65. The fourth-order valence-electron chi connectivity index (χ4n) is 3.14. The summed E-state index contributed by atoms with van der Waals surface area (Å²) in [6.45, 7) is 1.59. The summed E-state index contributed by atoms with van der Waals surface area (Å²) < 4.78 is 5.54. The fourth-order valence-corrected chi connectivity index (χ4v) is 6.17. The van der Waals surface area contributed by atoms with Crippen molar-refractivity contribution in [3.8, 4) is 5.75 Å². The van der Waals surface area contributed by atoms with Crippen LogP contribution in [-0.4, -0.2) is 47.4 Å². The normalized spacial score (nSPS) is 19.6. The Morgan fingerprint density at radius 2 is 2.19 bits per heavy atom. The van der Waals surface area contributed by atoms with E-state index in [4.69, 9.17) is 4.74 Å². The van der Waals surface area contributed by atoms with Crippen LogP contribution >= 0.6 is 21.6 Å². The van der Waals surface area contributed by atoms with Gasteiger partial charge in [-0.15, -0.1) is 0 Å². The molecule has 0 aromatic heterocycles. The molecule has 0 bridgehead atoms. The van der Waals surface area contributed by atoms with Gasteiger partial charge in [0.25, 0.3) is 5.91 Å². The SMILES string of the molecule is O=C(CCCC[C@@H]1CCSS1)NCCN1Cc2ccccc2OCC1=O. The van der Waals surface area contributed by atoms with Gasteiger partial charge in [0.15, 0.2) is 6.61 Å². The highest BCUT2D eigenvalue weighted by Gasteiger charge is 2.21. The van der Waals surface area contributed by atoms with Gasteiger partial charge in [-0.05, 0) is 25.3 Å². The maximum Gasteiger partial charge on any atom is 0.260 e. The Hall–Kier alpha value is -1.34. The molecule has 1 atom stereocenters. The summed E-state index contributed by atoms with van der Waals surface area (Å²) in [4.78, 5) is 25.9. The van der Waals surface area contributed by atoms with Gasteiger partial charge < -0.3 is 15.0 Å². The molecule has 0 saturated carbocycles. The molecule has 3 rings (SSSR count). The second kappa shape index (κ2) is 10.1. The number of para-hydroxylation sites is 1. The van der Waals surface area contributed by atoms with Gasteiger partial charge in [-0.3, -0.25) is 9.59 Å². The first-order chi connectivity index (χ1) is 12.7. The van der Waals surface area contributed by atoms with Crippen LogP contribution in [0.15, 0.2) is 24.3 Å². The Morgan fingerprint density at radius 1 is 1.31 bits per heavy atom. The molecule has 1 aromatic rings. The highest BCUT2D eigenvalue weighted by atomic mass is 33.1. The summed E-state index contributed by atoms with van der Waals surface area (Å²) in [6, 6.07) is 7.71. The summed E-state index contributed by atoms with van der Waals surface area (Å²) in [5, 5.41) is 3.72. The second-order valence-corrected chi connectivity index (χ2v) is 9.42. The molecule has 1 fully saturated rings. The lowest BCUT2D eigenvalue weighted by Gasteiger charge is -2.20. The molecule has 2 aliphatic rings. The van der Waals surface area contributed by atoms with Crippen molar-refractivity contribution in [1.82, 2.24) is 10.2 Å². The first-order valence-corrected chi connectivity index (χ1v) is 11.6. The van der Waals surface area contributed by atoms with Gasteiger partial charge in [-0.2, -0.15) is 0 Å². The molecule has 2 amide bonds. The highest BCUT2D eigenvalue weighted by Crippen LogP contribution is 2.39. The van der Waals surface area contributed by atoms with Gasteiger partial charge in [0, 0.05) is 42.6 Å². The molecule has 1 saturated heterocycles. The van der Waals surface area contributed by atoms with Crippen molar-refractivity contribution in [2.45, 2.75) is 43.9 Å². The van der Waals surface area contributed by atoms with E-state index in [1.54, 1.807) is 4.90 Å². The molecule has 142 valence electrons. The van der Waals surface area contributed by atoms with Crippen LogP contribution in [0.4, 0.5) is 0 Å². The number of benzene rings is 1. The van der Waals surface area contributed by atoms with Crippen molar-refractivity contribution in [3.63, 3.8) is 0 Å². The van der Waals surface area contributed by atoms with E-state index in [0.29, 0.717) is 26.1 Å². The Balaban J connectivity index is 1.33. The number of ether oxygens (including phenoxy) is 1. The maximum absolute atomic E-state index is 12.2. The summed E-state index contributed by atoms with van der Waals surface area (Å²) in [5.74, 6) is 2.08. The van der Waals surface area contributed by atoms with Crippen LogP contribution in [0.1, 0.15) is 37.7 Å². The minimum absolute atomic E-state index is 0.0395. The average Bonchev–Trinajstić information content (AvgIpc) is 3.11. The van der Waals surface area contributed by atoms with E-state index in [9.17, 15) is 9.59 Å². The van der Waals surface area contributed by atoms with Gasteiger partial charge in [-0.1, -0.05) is 46.2 Å². The standard InChI is InChI=1S/C19H26N2O3S2/c22-18(8-4-2-6-16-9-12-25-26-16)20-10-11-21-13-15-5-1-3-7-17(15)24-14-19(21)23/h1,3,5,7,16H,2,4,6,8-14H2,(H,20,22)/t16-/m1/s1. The van der Waals surface area contributed by atoms with E-state index >= 15 is 0 Å². The van der Waals surface area contributed by atoms with E-state index in [0.717, 1.165) is 29.4 Å². The topological polar surface area (TPSA) is 58.6 Å².